The van der Waals surface area contributed by atoms with Crippen molar-refractivity contribution < 1.29 is 26.5 Å². The molecule has 0 aromatic carbocycles. The Morgan fingerprint density at radius 2 is 1.80 bits per heavy atom. The molecule has 0 rings (SSSR count). The summed E-state index contributed by atoms with van der Waals surface area (Å²) in [4.78, 5) is 7.60. The predicted octanol–water partition coefficient (Wildman–Crippen LogP) is 0.0807. The van der Waals surface area contributed by atoms with E-state index in [-0.39, 0.29) is 17.1 Å². The molecule has 1 atom stereocenters. The van der Waals surface area contributed by atoms with E-state index in [9.17, 15) is 4.57 Å². The molecule has 4 heteroatoms. The second-order valence-corrected chi connectivity index (χ2v) is 1.56. The summed E-state index contributed by atoms with van der Waals surface area (Å²) in [5.41, 5.74) is 0. The molecule has 5 heavy (non-hydrogen) atoms. The molecule has 0 aliphatic heterocycles. The van der Waals surface area contributed by atoms with E-state index in [1.807, 2.05) is 0 Å². The van der Waals surface area contributed by atoms with Gasteiger partial charge in [0.15, 0.2) is 8.03 Å². The first-order valence-corrected chi connectivity index (χ1v) is 2.78. The summed E-state index contributed by atoms with van der Waals surface area (Å²) in [7, 11) is -2.13. The molecule has 0 fully saturated rings. The molecular weight excluding hydrogens is 131 g/mol. The van der Waals surface area contributed by atoms with Gasteiger partial charge in [0, 0.05) is 23.7 Å². The van der Waals surface area contributed by atoms with E-state index in [1.165, 1.54) is 6.66 Å². The van der Waals surface area contributed by atoms with E-state index >= 15 is 0 Å². The molecule has 1 unspecified atom stereocenters. The minimum atomic E-state index is -2.13. The van der Waals surface area contributed by atoms with Gasteiger partial charge in [-0.05, 0) is 0 Å². The van der Waals surface area contributed by atoms with Gasteiger partial charge in [-0.25, -0.2) is 0 Å². The molecule has 0 aliphatic rings. The fourth-order valence-corrected chi connectivity index (χ4v) is 0. The van der Waals surface area contributed by atoms with Crippen LogP contribution < -0.4 is 0 Å². The van der Waals surface area contributed by atoms with Crippen molar-refractivity contribution in [3.8, 4) is 0 Å². The van der Waals surface area contributed by atoms with Crippen molar-refractivity contribution >= 4 is 8.03 Å². The molecule has 0 amide bonds. The van der Waals surface area contributed by atoms with E-state index in [0.717, 1.165) is 0 Å². The monoisotopic (exact) mass is 136 g/mol. The van der Waals surface area contributed by atoms with Gasteiger partial charge in [-0.1, -0.05) is 0 Å². The second kappa shape index (κ2) is 4.71. The summed E-state index contributed by atoms with van der Waals surface area (Å²) < 4.78 is 9.19. The largest absolute Gasteiger partial charge is 0.346 e. The Kier molecular flexibility index (Phi) is 8.67. The van der Waals surface area contributed by atoms with E-state index < -0.39 is 8.03 Å². The normalized spacial score (nSPS) is 12.4. The summed E-state index contributed by atoms with van der Waals surface area (Å²) in [6.07, 6.45) is 0. The maximum absolute atomic E-state index is 9.19. The molecular formula is CH5FeO2P. The molecule has 0 aliphatic carbocycles. The fraction of sp³-hybridized carbons (Fsp3) is 1.00. The Labute approximate surface area is 41.9 Å². The molecule has 0 spiro atoms. The van der Waals surface area contributed by atoms with Crippen LogP contribution in [0.15, 0.2) is 0 Å². The molecule has 0 heterocycles. The first-order chi connectivity index (χ1) is 1.73. The van der Waals surface area contributed by atoms with Crippen LogP contribution in [0.25, 0.3) is 0 Å². The smallest absolute Gasteiger partial charge is 0.186 e. The summed E-state index contributed by atoms with van der Waals surface area (Å²) in [6.45, 7) is 1.27. The summed E-state index contributed by atoms with van der Waals surface area (Å²) >= 11 is 0. The van der Waals surface area contributed by atoms with Crippen molar-refractivity contribution in [3.05, 3.63) is 0 Å². The van der Waals surface area contributed by atoms with Gasteiger partial charge in [0.2, 0.25) is 0 Å². The molecule has 1 N–H and O–H groups in total. The quantitative estimate of drug-likeness (QED) is 0.378. The Bertz CT molecular complexity index is 32.6. The average molecular weight is 136 g/mol. The van der Waals surface area contributed by atoms with Crippen LogP contribution >= 0.6 is 8.03 Å². The Morgan fingerprint density at radius 1 is 1.80 bits per heavy atom. The second-order valence-electron chi connectivity index (χ2n) is 0.519. The Hall–Kier alpha value is 0.709. The van der Waals surface area contributed by atoms with Gasteiger partial charge in [0.1, 0.15) is 0 Å². The third kappa shape index (κ3) is 68.7. The fourth-order valence-electron chi connectivity index (χ4n) is 0. The van der Waals surface area contributed by atoms with E-state index in [2.05, 4.69) is 0 Å². The van der Waals surface area contributed by atoms with E-state index in [1.54, 1.807) is 0 Å². The molecule has 0 saturated heterocycles. The van der Waals surface area contributed by atoms with Crippen LogP contribution in [0.3, 0.4) is 0 Å². The van der Waals surface area contributed by atoms with Crippen molar-refractivity contribution in [2.24, 2.45) is 0 Å². The maximum atomic E-state index is 9.19. The number of hydrogen-bond acceptors (Lipinski definition) is 1. The Morgan fingerprint density at radius 3 is 1.80 bits per heavy atom. The third-order valence-corrected chi connectivity index (χ3v) is 0. The van der Waals surface area contributed by atoms with Crippen LogP contribution in [0.2, 0.25) is 0 Å². The average Bonchev–Trinajstić information content (AvgIpc) is 0.811. The zero-order chi connectivity index (χ0) is 3.58. The van der Waals surface area contributed by atoms with Crippen LogP contribution in [0.4, 0.5) is 0 Å². The first kappa shape index (κ1) is 9.20. The van der Waals surface area contributed by atoms with Gasteiger partial charge in [-0.2, -0.15) is 0 Å². The summed E-state index contributed by atoms with van der Waals surface area (Å²) in [5.74, 6) is 0. The van der Waals surface area contributed by atoms with Gasteiger partial charge in [0.25, 0.3) is 0 Å². The van der Waals surface area contributed by atoms with Crippen LogP contribution in [0, 0.1) is 0 Å². The van der Waals surface area contributed by atoms with Gasteiger partial charge in [0.05, 0.1) is 0 Å². The zero-order valence-electron chi connectivity index (χ0n) is 2.71. The molecule has 0 aromatic rings. The van der Waals surface area contributed by atoms with Crippen LogP contribution in [-0.2, 0) is 21.6 Å². The molecule has 2 nitrogen and oxygen atoms in total. The van der Waals surface area contributed by atoms with E-state index in [0.29, 0.717) is 0 Å². The van der Waals surface area contributed by atoms with E-state index in [4.69, 9.17) is 4.89 Å². The third-order valence-electron chi connectivity index (χ3n) is 0. The number of hydrogen-bond donors (Lipinski definition) is 1. The van der Waals surface area contributed by atoms with Crippen LogP contribution in [-0.4, -0.2) is 11.6 Å². The van der Waals surface area contributed by atoms with Crippen LogP contribution in [0.5, 0.6) is 0 Å². The molecule has 0 aromatic heterocycles. The van der Waals surface area contributed by atoms with Gasteiger partial charge in [-0.15, -0.1) is 0 Å². The van der Waals surface area contributed by atoms with Crippen molar-refractivity contribution in [2.45, 2.75) is 0 Å². The summed E-state index contributed by atoms with van der Waals surface area (Å²) in [6, 6.07) is 0. The van der Waals surface area contributed by atoms with Crippen molar-refractivity contribution in [1.29, 1.82) is 0 Å². The number of rotatable bonds is 0. The van der Waals surface area contributed by atoms with Crippen LogP contribution in [0.1, 0.15) is 0 Å². The van der Waals surface area contributed by atoms with Gasteiger partial charge >= 0.3 is 0 Å². The van der Waals surface area contributed by atoms with Gasteiger partial charge in [-0.3, -0.25) is 4.57 Å². The summed E-state index contributed by atoms with van der Waals surface area (Å²) in [5, 5.41) is 0. The molecule has 0 radical (unpaired) electrons. The Balaban J connectivity index is 0. The molecule has 34 valence electrons. The maximum Gasteiger partial charge on any atom is 0.186 e. The predicted molar refractivity (Wildman–Crippen MR) is 17.1 cm³/mol. The molecule has 0 bridgehead atoms. The van der Waals surface area contributed by atoms with Crippen molar-refractivity contribution in [3.63, 3.8) is 0 Å². The minimum absolute atomic E-state index is 0. The van der Waals surface area contributed by atoms with Gasteiger partial charge < -0.3 is 4.89 Å². The first-order valence-electron chi connectivity index (χ1n) is 0.928. The SMILES string of the molecule is C[PH](=O)O.[Fe]. The van der Waals surface area contributed by atoms with Crippen molar-refractivity contribution in [2.75, 3.05) is 6.66 Å². The topological polar surface area (TPSA) is 37.3 Å². The van der Waals surface area contributed by atoms with Crippen molar-refractivity contribution in [1.82, 2.24) is 0 Å². The zero-order valence-corrected chi connectivity index (χ0v) is 4.81. The minimum Gasteiger partial charge on any atom is -0.346 e. The molecule has 0 saturated carbocycles. The standard InChI is InChI=1S/CH5O2P.Fe/c1-4(2)3;/h4H,1H3,(H,2,3);.